The maximum Gasteiger partial charge on any atom is 0.120 e. The van der Waals surface area contributed by atoms with Gasteiger partial charge in [-0.3, -0.25) is 0 Å². The summed E-state index contributed by atoms with van der Waals surface area (Å²) in [5.41, 5.74) is 0. The van der Waals surface area contributed by atoms with Crippen LogP contribution in [0, 0.1) is 5.92 Å². The van der Waals surface area contributed by atoms with Crippen molar-refractivity contribution in [1.29, 1.82) is 0 Å². The van der Waals surface area contributed by atoms with Crippen LogP contribution in [0.25, 0.3) is 0 Å². The van der Waals surface area contributed by atoms with Crippen LogP contribution in [0.4, 0.5) is 0 Å². The Hall–Kier alpha value is -0.730. The Balaban J connectivity index is 1.85. The van der Waals surface area contributed by atoms with Crippen LogP contribution in [0.2, 0.25) is 5.02 Å². The van der Waals surface area contributed by atoms with E-state index in [1.807, 2.05) is 24.3 Å². The number of ether oxygens (including phenoxy) is 2. The smallest absolute Gasteiger partial charge is 0.120 e. The predicted molar refractivity (Wildman–Crippen MR) is 55.9 cm³/mol. The molecule has 1 aromatic carbocycles. The molecule has 0 spiro atoms. The van der Waals surface area contributed by atoms with Crippen LogP contribution in [0.5, 0.6) is 5.75 Å². The monoisotopic (exact) mass is 212 g/mol. The van der Waals surface area contributed by atoms with Crippen molar-refractivity contribution in [3.05, 3.63) is 29.3 Å². The lowest BCUT2D eigenvalue weighted by Crippen LogP contribution is -2.11. The first-order chi connectivity index (χ1) is 6.84. The summed E-state index contributed by atoms with van der Waals surface area (Å²) in [6.45, 7) is 2.41. The van der Waals surface area contributed by atoms with Gasteiger partial charge in [0, 0.05) is 17.5 Å². The minimum absolute atomic E-state index is 0.536. The molecule has 1 atom stereocenters. The molecule has 1 aliphatic heterocycles. The molecule has 1 saturated heterocycles. The Morgan fingerprint density at radius 3 is 3.14 bits per heavy atom. The summed E-state index contributed by atoms with van der Waals surface area (Å²) >= 11 is 5.84. The molecule has 1 fully saturated rings. The van der Waals surface area contributed by atoms with Gasteiger partial charge in [0.25, 0.3) is 0 Å². The summed E-state index contributed by atoms with van der Waals surface area (Å²) in [4.78, 5) is 0. The Morgan fingerprint density at radius 1 is 1.50 bits per heavy atom. The van der Waals surface area contributed by atoms with Crippen LogP contribution < -0.4 is 4.74 Å². The van der Waals surface area contributed by atoms with Gasteiger partial charge in [-0.1, -0.05) is 17.7 Å². The highest BCUT2D eigenvalue weighted by atomic mass is 35.5. The van der Waals surface area contributed by atoms with Crippen molar-refractivity contribution in [2.75, 3.05) is 19.8 Å². The largest absolute Gasteiger partial charge is 0.493 e. The Bertz CT molecular complexity index is 295. The second kappa shape index (κ2) is 4.67. The average Bonchev–Trinajstić information content (AvgIpc) is 2.67. The molecule has 14 heavy (non-hydrogen) atoms. The summed E-state index contributed by atoms with van der Waals surface area (Å²) < 4.78 is 10.9. The molecule has 1 aromatic rings. The molecule has 76 valence electrons. The molecular formula is C11H13ClO2. The van der Waals surface area contributed by atoms with Crippen molar-refractivity contribution in [2.24, 2.45) is 5.92 Å². The summed E-state index contributed by atoms with van der Waals surface area (Å²) in [6.07, 6.45) is 1.10. The molecular weight excluding hydrogens is 200 g/mol. The molecule has 0 aliphatic carbocycles. The van der Waals surface area contributed by atoms with Crippen molar-refractivity contribution in [3.8, 4) is 5.75 Å². The first-order valence-corrected chi connectivity index (χ1v) is 5.18. The third kappa shape index (κ3) is 2.63. The Labute approximate surface area is 88.8 Å². The van der Waals surface area contributed by atoms with Gasteiger partial charge in [0.05, 0.1) is 13.2 Å². The topological polar surface area (TPSA) is 18.5 Å². The van der Waals surface area contributed by atoms with Crippen LogP contribution in [0.3, 0.4) is 0 Å². The van der Waals surface area contributed by atoms with Crippen LogP contribution in [0.1, 0.15) is 6.42 Å². The zero-order chi connectivity index (χ0) is 9.80. The average molecular weight is 213 g/mol. The van der Waals surface area contributed by atoms with Crippen molar-refractivity contribution in [3.63, 3.8) is 0 Å². The van der Waals surface area contributed by atoms with Crippen molar-refractivity contribution in [2.45, 2.75) is 6.42 Å². The number of hydrogen-bond acceptors (Lipinski definition) is 2. The minimum Gasteiger partial charge on any atom is -0.493 e. The molecule has 1 unspecified atom stereocenters. The van der Waals surface area contributed by atoms with Gasteiger partial charge < -0.3 is 9.47 Å². The fourth-order valence-corrected chi connectivity index (χ4v) is 1.67. The molecule has 1 aliphatic rings. The van der Waals surface area contributed by atoms with E-state index in [0.29, 0.717) is 10.9 Å². The molecule has 2 rings (SSSR count). The lowest BCUT2D eigenvalue weighted by atomic mass is 10.1. The number of hydrogen-bond donors (Lipinski definition) is 0. The van der Waals surface area contributed by atoms with Crippen LogP contribution >= 0.6 is 11.6 Å². The fourth-order valence-electron chi connectivity index (χ4n) is 1.49. The van der Waals surface area contributed by atoms with Gasteiger partial charge in [-0.05, 0) is 24.6 Å². The van der Waals surface area contributed by atoms with Gasteiger partial charge in [0.2, 0.25) is 0 Å². The highest BCUT2D eigenvalue weighted by Crippen LogP contribution is 2.19. The third-order valence-corrected chi connectivity index (χ3v) is 2.54. The highest BCUT2D eigenvalue weighted by molar-refractivity contribution is 6.30. The number of rotatable bonds is 3. The standard InChI is InChI=1S/C11H13ClO2/c12-10-2-1-3-11(6-10)14-8-9-4-5-13-7-9/h1-3,6,9H,4-5,7-8H2. The molecule has 0 amide bonds. The maximum absolute atomic E-state index is 5.84. The molecule has 1 heterocycles. The highest BCUT2D eigenvalue weighted by Gasteiger charge is 2.15. The van der Waals surface area contributed by atoms with Gasteiger partial charge in [-0.15, -0.1) is 0 Å². The molecule has 2 nitrogen and oxygen atoms in total. The summed E-state index contributed by atoms with van der Waals surface area (Å²) in [5.74, 6) is 1.37. The zero-order valence-corrected chi connectivity index (χ0v) is 8.67. The molecule has 0 saturated carbocycles. The van der Waals surface area contributed by atoms with Crippen LogP contribution in [-0.4, -0.2) is 19.8 Å². The fraction of sp³-hybridized carbons (Fsp3) is 0.455. The second-order valence-electron chi connectivity index (χ2n) is 3.50. The lowest BCUT2D eigenvalue weighted by Gasteiger charge is -2.10. The minimum atomic E-state index is 0.536. The molecule has 3 heteroatoms. The molecule has 0 N–H and O–H groups in total. The predicted octanol–water partition coefficient (Wildman–Crippen LogP) is 2.76. The van der Waals surface area contributed by atoms with Crippen molar-refractivity contribution >= 4 is 11.6 Å². The third-order valence-electron chi connectivity index (χ3n) is 2.31. The van der Waals surface area contributed by atoms with Gasteiger partial charge in [-0.25, -0.2) is 0 Å². The van der Waals surface area contributed by atoms with Crippen molar-refractivity contribution in [1.82, 2.24) is 0 Å². The second-order valence-corrected chi connectivity index (χ2v) is 3.93. The van der Waals surface area contributed by atoms with Gasteiger partial charge in [-0.2, -0.15) is 0 Å². The van der Waals surface area contributed by atoms with E-state index < -0.39 is 0 Å². The summed E-state index contributed by atoms with van der Waals surface area (Å²) in [7, 11) is 0. The summed E-state index contributed by atoms with van der Waals surface area (Å²) in [5, 5.41) is 0.713. The van der Waals surface area contributed by atoms with E-state index >= 15 is 0 Å². The van der Waals surface area contributed by atoms with E-state index in [1.54, 1.807) is 0 Å². The Kier molecular flexibility index (Phi) is 3.27. The normalized spacial score (nSPS) is 21.1. The van der Waals surface area contributed by atoms with Crippen LogP contribution in [0.15, 0.2) is 24.3 Å². The van der Waals surface area contributed by atoms with Crippen molar-refractivity contribution < 1.29 is 9.47 Å². The molecule has 0 bridgehead atoms. The lowest BCUT2D eigenvalue weighted by molar-refractivity contribution is 0.167. The number of halogens is 1. The zero-order valence-electron chi connectivity index (χ0n) is 7.91. The first-order valence-electron chi connectivity index (χ1n) is 4.81. The Morgan fingerprint density at radius 2 is 2.43 bits per heavy atom. The van der Waals surface area contributed by atoms with E-state index in [-0.39, 0.29) is 0 Å². The quantitative estimate of drug-likeness (QED) is 0.767. The maximum atomic E-state index is 5.84. The van der Waals surface area contributed by atoms with Crippen LogP contribution in [-0.2, 0) is 4.74 Å². The van der Waals surface area contributed by atoms with Gasteiger partial charge >= 0.3 is 0 Å². The SMILES string of the molecule is Clc1cccc(OCC2CCOC2)c1. The first kappa shape index (κ1) is 9.81. The van der Waals surface area contributed by atoms with Gasteiger partial charge in [0.1, 0.15) is 5.75 Å². The van der Waals surface area contributed by atoms with E-state index in [1.165, 1.54) is 0 Å². The van der Waals surface area contributed by atoms with E-state index in [2.05, 4.69) is 0 Å². The van der Waals surface area contributed by atoms with Gasteiger partial charge in [0.15, 0.2) is 0 Å². The van der Waals surface area contributed by atoms with E-state index in [0.717, 1.165) is 32.0 Å². The molecule has 0 aromatic heterocycles. The summed E-state index contributed by atoms with van der Waals surface area (Å²) in [6, 6.07) is 7.48. The number of benzene rings is 1. The van der Waals surface area contributed by atoms with E-state index in [9.17, 15) is 0 Å². The molecule has 0 radical (unpaired) electrons. The van der Waals surface area contributed by atoms with E-state index in [4.69, 9.17) is 21.1 Å².